The highest BCUT2D eigenvalue weighted by Crippen LogP contribution is 2.44. The lowest BCUT2D eigenvalue weighted by molar-refractivity contribution is 0.0186. The van der Waals surface area contributed by atoms with Crippen molar-refractivity contribution >= 4 is 11.9 Å². The number of carbonyl (C=O) groups is 1. The van der Waals surface area contributed by atoms with Gasteiger partial charge in [-0.25, -0.2) is 14.8 Å². The number of fused-ring (bicyclic) bond motifs is 1. The zero-order valence-electron chi connectivity index (χ0n) is 15.0. The van der Waals surface area contributed by atoms with Crippen molar-refractivity contribution in [3.63, 3.8) is 0 Å². The van der Waals surface area contributed by atoms with Gasteiger partial charge in [0.15, 0.2) is 0 Å². The van der Waals surface area contributed by atoms with Gasteiger partial charge in [0.1, 0.15) is 17.2 Å². The number of nitrogens with zero attached hydrogens (tertiary/aromatic N) is 4. The van der Waals surface area contributed by atoms with Crippen molar-refractivity contribution in [3.05, 3.63) is 17.1 Å². The van der Waals surface area contributed by atoms with Crippen molar-refractivity contribution < 1.29 is 9.53 Å². The maximum Gasteiger partial charge on any atom is 0.411 e. The summed E-state index contributed by atoms with van der Waals surface area (Å²) in [5, 5.41) is 0. The fraction of sp³-hybridized carbons (Fsp3) is 0.722. The summed E-state index contributed by atoms with van der Waals surface area (Å²) in [4.78, 5) is 26.4. The molecule has 6 heteroatoms. The Balaban J connectivity index is 1.66. The van der Waals surface area contributed by atoms with Crippen LogP contribution >= 0.6 is 0 Å². The lowest BCUT2D eigenvalue weighted by Crippen LogP contribution is -2.39. The van der Waals surface area contributed by atoms with E-state index in [-0.39, 0.29) is 12.1 Å². The first-order valence-electron chi connectivity index (χ1n) is 8.99. The molecule has 3 aliphatic rings. The molecule has 0 bridgehead atoms. The zero-order chi connectivity index (χ0) is 17.1. The molecule has 0 spiro atoms. The van der Waals surface area contributed by atoms with Crippen LogP contribution in [0.25, 0.3) is 0 Å². The van der Waals surface area contributed by atoms with Crippen molar-refractivity contribution in [2.24, 2.45) is 0 Å². The van der Waals surface area contributed by atoms with Crippen LogP contribution in [0.3, 0.4) is 0 Å². The van der Waals surface area contributed by atoms with Crippen LogP contribution in [0.5, 0.6) is 0 Å². The van der Waals surface area contributed by atoms with Gasteiger partial charge in [0, 0.05) is 24.6 Å². The predicted molar refractivity (Wildman–Crippen MR) is 91.0 cm³/mol. The van der Waals surface area contributed by atoms with Gasteiger partial charge in [0.25, 0.3) is 0 Å². The molecule has 130 valence electrons. The van der Waals surface area contributed by atoms with Crippen LogP contribution in [0.4, 0.5) is 10.6 Å². The molecule has 3 heterocycles. The third kappa shape index (κ3) is 2.72. The summed E-state index contributed by atoms with van der Waals surface area (Å²) in [6.07, 6.45) is 3.31. The van der Waals surface area contributed by atoms with Crippen molar-refractivity contribution in [1.82, 2.24) is 14.9 Å². The van der Waals surface area contributed by atoms with Gasteiger partial charge >= 0.3 is 6.09 Å². The molecule has 1 atom stereocenters. The molecular weight excluding hydrogens is 304 g/mol. The second kappa shape index (κ2) is 5.33. The highest BCUT2D eigenvalue weighted by molar-refractivity contribution is 5.71. The van der Waals surface area contributed by atoms with Gasteiger partial charge in [0.2, 0.25) is 0 Å². The van der Waals surface area contributed by atoms with Gasteiger partial charge in [-0.15, -0.1) is 0 Å². The lowest BCUT2D eigenvalue weighted by Gasteiger charge is -2.34. The number of hydrogen-bond acceptors (Lipinski definition) is 5. The van der Waals surface area contributed by atoms with Gasteiger partial charge in [-0.1, -0.05) is 0 Å². The summed E-state index contributed by atoms with van der Waals surface area (Å²) >= 11 is 0. The van der Waals surface area contributed by atoms with E-state index in [0.717, 1.165) is 36.0 Å². The Morgan fingerprint density at radius 2 is 1.92 bits per heavy atom. The van der Waals surface area contributed by atoms with E-state index in [9.17, 15) is 4.79 Å². The standard InChI is InChI=1S/C18H26N4O2/c1-11-14-13(10-22(11)17(23)24-18(2,3)4)19-15(12-6-7-12)20-16(14)21-8-5-9-21/h11-12H,5-10H2,1-4H3. The smallest absolute Gasteiger partial charge is 0.411 e. The minimum absolute atomic E-state index is 0.0429. The van der Waals surface area contributed by atoms with Crippen LogP contribution in [0, 0.1) is 0 Å². The Morgan fingerprint density at radius 1 is 1.21 bits per heavy atom. The Morgan fingerprint density at radius 3 is 2.46 bits per heavy atom. The van der Waals surface area contributed by atoms with Gasteiger partial charge < -0.3 is 9.64 Å². The SMILES string of the molecule is CC1c2c(nc(C3CC3)nc2N2CCC2)CN1C(=O)OC(C)(C)C. The summed E-state index contributed by atoms with van der Waals surface area (Å²) < 4.78 is 5.58. The van der Waals surface area contributed by atoms with E-state index in [1.165, 1.54) is 19.3 Å². The Hall–Kier alpha value is -1.85. The third-order valence-electron chi connectivity index (χ3n) is 4.95. The van der Waals surface area contributed by atoms with E-state index in [0.29, 0.717) is 12.5 Å². The number of rotatable bonds is 2. The van der Waals surface area contributed by atoms with Gasteiger partial charge in [-0.05, 0) is 47.0 Å². The van der Waals surface area contributed by atoms with E-state index in [1.54, 1.807) is 4.90 Å². The van der Waals surface area contributed by atoms with E-state index in [4.69, 9.17) is 14.7 Å². The Kier molecular flexibility index (Phi) is 3.48. The van der Waals surface area contributed by atoms with E-state index in [2.05, 4.69) is 11.8 Å². The number of aromatic nitrogens is 2. The van der Waals surface area contributed by atoms with Crippen LogP contribution in [0.2, 0.25) is 0 Å². The molecule has 1 unspecified atom stereocenters. The third-order valence-corrected chi connectivity index (χ3v) is 4.95. The zero-order valence-corrected chi connectivity index (χ0v) is 15.0. The molecule has 6 nitrogen and oxygen atoms in total. The number of ether oxygens (including phenoxy) is 1. The van der Waals surface area contributed by atoms with Crippen molar-refractivity contribution in [2.75, 3.05) is 18.0 Å². The monoisotopic (exact) mass is 330 g/mol. The van der Waals surface area contributed by atoms with Gasteiger partial charge in [-0.2, -0.15) is 0 Å². The average Bonchev–Trinajstić information content (AvgIpc) is 3.19. The second-order valence-corrected chi connectivity index (χ2v) is 8.16. The molecule has 0 N–H and O–H groups in total. The fourth-order valence-electron chi connectivity index (χ4n) is 3.36. The van der Waals surface area contributed by atoms with Crippen LogP contribution in [-0.2, 0) is 11.3 Å². The molecule has 1 saturated heterocycles. The van der Waals surface area contributed by atoms with E-state index < -0.39 is 5.60 Å². The summed E-state index contributed by atoms with van der Waals surface area (Å²) in [5.74, 6) is 2.53. The van der Waals surface area contributed by atoms with Crippen LogP contribution < -0.4 is 4.90 Å². The minimum atomic E-state index is -0.489. The molecule has 2 aliphatic heterocycles. The predicted octanol–water partition coefficient (Wildman–Crippen LogP) is 3.38. The molecule has 4 rings (SSSR count). The molecule has 0 aromatic carbocycles. The number of amides is 1. The first-order chi connectivity index (χ1) is 11.3. The second-order valence-electron chi connectivity index (χ2n) is 8.16. The normalized spacial score (nSPS) is 23.1. The number of hydrogen-bond donors (Lipinski definition) is 0. The fourth-order valence-corrected chi connectivity index (χ4v) is 3.36. The summed E-state index contributed by atoms with van der Waals surface area (Å²) in [5.41, 5.74) is 1.63. The molecule has 1 aliphatic carbocycles. The largest absolute Gasteiger partial charge is 0.444 e. The molecule has 1 aromatic heterocycles. The van der Waals surface area contributed by atoms with Gasteiger partial charge in [0.05, 0.1) is 18.3 Å². The average molecular weight is 330 g/mol. The topological polar surface area (TPSA) is 58.6 Å². The van der Waals surface area contributed by atoms with E-state index in [1.807, 2.05) is 20.8 Å². The Bertz CT molecular complexity index is 674. The number of anilines is 1. The lowest BCUT2D eigenvalue weighted by atomic mass is 10.1. The Labute approximate surface area is 143 Å². The van der Waals surface area contributed by atoms with Crippen LogP contribution in [0.1, 0.15) is 76.0 Å². The van der Waals surface area contributed by atoms with Crippen LogP contribution in [0.15, 0.2) is 0 Å². The highest BCUT2D eigenvalue weighted by atomic mass is 16.6. The first kappa shape index (κ1) is 15.7. The maximum absolute atomic E-state index is 12.6. The first-order valence-corrected chi connectivity index (χ1v) is 8.99. The highest BCUT2D eigenvalue weighted by Gasteiger charge is 2.40. The quantitative estimate of drug-likeness (QED) is 0.832. The maximum atomic E-state index is 12.6. The van der Waals surface area contributed by atoms with Gasteiger partial charge in [-0.3, -0.25) is 4.90 Å². The summed E-state index contributed by atoms with van der Waals surface area (Å²) in [6, 6.07) is -0.0429. The molecule has 1 amide bonds. The van der Waals surface area contributed by atoms with E-state index >= 15 is 0 Å². The molecule has 1 saturated carbocycles. The molecule has 2 fully saturated rings. The molecule has 1 aromatic rings. The molecule has 24 heavy (non-hydrogen) atoms. The van der Waals surface area contributed by atoms with Crippen molar-refractivity contribution in [1.29, 1.82) is 0 Å². The summed E-state index contributed by atoms with van der Waals surface area (Å²) in [6.45, 7) is 10.4. The number of carbonyl (C=O) groups excluding carboxylic acids is 1. The van der Waals surface area contributed by atoms with Crippen molar-refractivity contribution in [2.45, 2.75) is 71.1 Å². The van der Waals surface area contributed by atoms with Crippen LogP contribution in [-0.4, -0.2) is 39.7 Å². The summed E-state index contributed by atoms with van der Waals surface area (Å²) in [7, 11) is 0. The minimum Gasteiger partial charge on any atom is -0.444 e. The molecular formula is C18H26N4O2. The van der Waals surface area contributed by atoms with Crippen molar-refractivity contribution in [3.8, 4) is 0 Å². The molecule has 0 radical (unpaired) electrons.